The molecule has 113 valence electrons. The maximum Gasteiger partial charge on any atom is 0.204 e. The molecule has 0 fully saturated rings. The summed E-state index contributed by atoms with van der Waals surface area (Å²) >= 11 is 0. The number of nitrogens with zero attached hydrogens (tertiary/aromatic N) is 2. The highest BCUT2D eigenvalue weighted by molar-refractivity contribution is 5.81. The van der Waals surface area contributed by atoms with Crippen LogP contribution >= 0.6 is 0 Å². The molecule has 2 N–H and O–H groups in total. The molecule has 2 aromatic heterocycles. The lowest BCUT2D eigenvalue weighted by Gasteiger charge is -2.17. The molecule has 0 spiro atoms. The minimum Gasteiger partial charge on any atom is -0.492 e. The third-order valence-electron chi connectivity index (χ3n) is 3.20. The number of imidazole rings is 2. The lowest BCUT2D eigenvalue weighted by atomic mass is 10.1. The van der Waals surface area contributed by atoms with Gasteiger partial charge in [-0.2, -0.15) is 0 Å². The van der Waals surface area contributed by atoms with E-state index in [1.54, 1.807) is 46.1 Å². The zero-order valence-electron chi connectivity index (χ0n) is 12.4. The van der Waals surface area contributed by atoms with Crippen LogP contribution in [0.2, 0.25) is 0 Å². The standard InChI is InChI=1S/C15H15N4O3/c1-20-11-9(14-16-4-5-17-14)8-10(15-18-6-7-19-15)12(21-2)13(11)22-3/h4-7H,1-3H3,(H,16,17)(H,18,19). The molecule has 7 nitrogen and oxygen atoms in total. The van der Waals surface area contributed by atoms with Crippen molar-refractivity contribution in [2.24, 2.45) is 0 Å². The zero-order chi connectivity index (χ0) is 15.5. The SMILES string of the molecule is COc1c(-c2ncc[nH]2)[c]c(-c2ncc[nH]2)c(OC)c1OC. The molecule has 0 aliphatic carbocycles. The molecule has 1 aromatic carbocycles. The number of methoxy groups -OCH3 is 3. The van der Waals surface area contributed by atoms with E-state index in [1.807, 2.05) is 0 Å². The number of aromatic amines is 2. The molecule has 0 amide bonds. The van der Waals surface area contributed by atoms with Gasteiger partial charge in [0.15, 0.2) is 11.5 Å². The second kappa shape index (κ2) is 5.80. The number of ether oxygens (including phenoxy) is 3. The predicted octanol–water partition coefficient (Wildman–Crippen LogP) is 2.29. The minimum atomic E-state index is 0.460. The molecule has 0 atom stereocenters. The smallest absolute Gasteiger partial charge is 0.204 e. The molecule has 0 aliphatic heterocycles. The first-order chi connectivity index (χ1) is 10.8. The third-order valence-corrected chi connectivity index (χ3v) is 3.20. The van der Waals surface area contributed by atoms with Crippen molar-refractivity contribution in [2.45, 2.75) is 0 Å². The van der Waals surface area contributed by atoms with Crippen LogP contribution in [0.1, 0.15) is 0 Å². The molecule has 0 bridgehead atoms. The van der Waals surface area contributed by atoms with E-state index in [4.69, 9.17) is 14.2 Å². The molecule has 7 heteroatoms. The van der Waals surface area contributed by atoms with Gasteiger partial charge < -0.3 is 24.2 Å². The Balaban J connectivity index is 2.33. The summed E-state index contributed by atoms with van der Waals surface area (Å²) in [4.78, 5) is 14.6. The van der Waals surface area contributed by atoms with Crippen LogP contribution in [0.3, 0.4) is 0 Å². The Kier molecular flexibility index (Phi) is 3.69. The summed E-state index contributed by atoms with van der Waals surface area (Å²) in [5.74, 6) is 2.67. The van der Waals surface area contributed by atoms with Crippen LogP contribution in [0.4, 0.5) is 0 Å². The van der Waals surface area contributed by atoms with Crippen LogP contribution in [0.25, 0.3) is 22.8 Å². The molecule has 1 radical (unpaired) electrons. The fraction of sp³-hybridized carbons (Fsp3) is 0.200. The largest absolute Gasteiger partial charge is 0.492 e. The first-order valence-corrected chi connectivity index (χ1v) is 6.54. The number of aromatic nitrogens is 4. The molecular weight excluding hydrogens is 284 g/mol. The Morgan fingerprint density at radius 3 is 1.55 bits per heavy atom. The van der Waals surface area contributed by atoms with Crippen LogP contribution in [-0.2, 0) is 0 Å². The third kappa shape index (κ3) is 2.16. The van der Waals surface area contributed by atoms with Gasteiger partial charge in [-0.1, -0.05) is 0 Å². The van der Waals surface area contributed by atoms with E-state index in [-0.39, 0.29) is 0 Å². The van der Waals surface area contributed by atoms with Gasteiger partial charge >= 0.3 is 0 Å². The minimum absolute atomic E-state index is 0.460. The van der Waals surface area contributed by atoms with Crippen LogP contribution in [0, 0.1) is 6.07 Å². The Morgan fingerprint density at radius 1 is 0.773 bits per heavy atom. The molecule has 0 unspecified atom stereocenters. The maximum absolute atomic E-state index is 5.48. The molecule has 3 aromatic rings. The van der Waals surface area contributed by atoms with Crippen molar-refractivity contribution in [1.82, 2.24) is 19.9 Å². The van der Waals surface area contributed by atoms with Crippen LogP contribution < -0.4 is 14.2 Å². The van der Waals surface area contributed by atoms with E-state index >= 15 is 0 Å². The summed E-state index contributed by atoms with van der Waals surface area (Å²) in [5, 5.41) is 0. The highest BCUT2D eigenvalue weighted by atomic mass is 16.5. The van der Waals surface area contributed by atoms with Crippen molar-refractivity contribution in [1.29, 1.82) is 0 Å². The van der Waals surface area contributed by atoms with Crippen molar-refractivity contribution in [3.63, 3.8) is 0 Å². The molecule has 0 saturated carbocycles. The van der Waals surface area contributed by atoms with E-state index < -0.39 is 0 Å². The number of hydrogen-bond acceptors (Lipinski definition) is 5. The van der Waals surface area contributed by atoms with Crippen LogP contribution in [0.5, 0.6) is 17.2 Å². The lowest BCUT2D eigenvalue weighted by molar-refractivity contribution is 0.326. The van der Waals surface area contributed by atoms with Crippen molar-refractivity contribution in [3.8, 4) is 40.0 Å². The Bertz CT molecular complexity index is 691. The number of H-pyrrole nitrogens is 2. The van der Waals surface area contributed by atoms with Gasteiger partial charge in [0.25, 0.3) is 0 Å². The van der Waals surface area contributed by atoms with E-state index in [1.165, 1.54) is 0 Å². The van der Waals surface area contributed by atoms with E-state index in [9.17, 15) is 0 Å². The van der Waals surface area contributed by atoms with Gasteiger partial charge in [-0.05, 0) is 0 Å². The highest BCUT2D eigenvalue weighted by Gasteiger charge is 2.24. The van der Waals surface area contributed by atoms with Gasteiger partial charge in [-0.25, -0.2) is 9.97 Å². The van der Waals surface area contributed by atoms with Gasteiger partial charge in [-0.15, -0.1) is 0 Å². The van der Waals surface area contributed by atoms with E-state index in [0.717, 1.165) is 0 Å². The molecular formula is C15H15N4O3. The van der Waals surface area contributed by atoms with Crippen molar-refractivity contribution >= 4 is 0 Å². The summed E-state index contributed by atoms with van der Waals surface area (Å²) in [7, 11) is 4.67. The van der Waals surface area contributed by atoms with Gasteiger partial charge in [0.2, 0.25) is 5.75 Å². The van der Waals surface area contributed by atoms with Gasteiger partial charge in [0, 0.05) is 30.9 Å². The lowest BCUT2D eigenvalue weighted by Crippen LogP contribution is -2.00. The second-order valence-corrected chi connectivity index (χ2v) is 4.35. The summed E-state index contributed by atoms with van der Waals surface area (Å²) in [5.41, 5.74) is 1.27. The number of hydrogen-bond donors (Lipinski definition) is 2. The average molecular weight is 299 g/mol. The van der Waals surface area contributed by atoms with E-state index in [2.05, 4.69) is 26.0 Å². The molecule has 3 rings (SSSR count). The van der Waals surface area contributed by atoms with Crippen LogP contribution in [-0.4, -0.2) is 41.3 Å². The molecule has 0 saturated heterocycles. The van der Waals surface area contributed by atoms with Gasteiger partial charge in [-0.3, -0.25) is 0 Å². The van der Waals surface area contributed by atoms with Gasteiger partial charge in [0.1, 0.15) is 11.6 Å². The average Bonchev–Trinajstić information content (AvgIpc) is 3.25. The summed E-state index contributed by atoms with van der Waals surface area (Å²) in [6.45, 7) is 0. The fourth-order valence-electron chi connectivity index (χ4n) is 2.28. The molecule has 22 heavy (non-hydrogen) atoms. The first kappa shape index (κ1) is 14.0. The van der Waals surface area contributed by atoms with E-state index in [0.29, 0.717) is 40.0 Å². The van der Waals surface area contributed by atoms with Gasteiger partial charge in [0.05, 0.1) is 32.5 Å². The normalized spacial score (nSPS) is 10.5. The number of benzene rings is 1. The topological polar surface area (TPSA) is 85.1 Å². The fourth-order valence-corrected chi connectivity index (χ4v) is 2.28. The summed E-state index contributed by atoms with van der Waals surface area (Å²) in [6.07, 6.45) is 6.77. The Labute approximate surface area is 127 Å². The van der Waals surface area contributed by atoms with Crippen LogP contribution in [0.15, 0.2) is 24.8 Å². The summed E-state index contributed by atoms with van der Waals surface area (Å²) in [6, 6.07) is 3.25. The second-order valence-electron chi connectivity index (χ2n) is 4.35. The first-order valence-electron chi connectivity index (χ1n) is 6.54. The molecule has 0 aliphatic rings. The highest BCUT2D eigenvalue weighted by Crippen LogP contribution is 2.48. The van der Waals surface area contributed by atoms with Crippen molar-refractivity contribution in [2.75, 3.05) is 21.3 Å². The van der Waals surface area contributed by atoms with Crippen molar-refractivity contribution < 1.29 is 14.2 Å². The molecule has 2 heterocycles. The Morgan fingerprint density at radius 2 is 1.23 bits per heavy atom. The number of rotatable bonds is 5. The van der Waals surface area contributed by atoms with Crippen molar-refractivity contribution in [3.05, 3.63) is 30.9 Å². The predicted molar refractivity (Wildman–Crippen MR) is 80.1 cm³/mol. The zero-order valence-corrected chi connectivity index (χ0v) is 12.4. The maximum atomic E-state index is 5.48. The quantitative estimate of drug-likeness (QED) is 0.755. The monoisotopic (exact) mass is 299 g/mol. The Hall–Kier alpha value is -2.96. The number of nitrogens with one attached hydrogen (secondary N) is 2. The summed E-state index contributed by atoms with van der Waals surface area (Å²) < 4.78 is 16.4.